The van der Waals surface area contributed by atoms with Gasteiger partial charge in [-0.15, -0.1) is 0 Å². The van der Waals surface area contributed by atoms with Crippen LogP contribution in [-0.4, -0.2) is 66.0 Å². The number of hydrogen-bond donors (Lipinski definition) is 1. The maximum Gasteiger partial charge on any atom is 0.305 e. The number of ether oxygens (including phenoxy) is 2. The summed E-state index contributed by atoms with van der Waals surface area (Å²) < 4.78 is 10.9. The van der Waals surface area contributed by atoms with Crippen molar-refractivity contribution in [1.82, 2.24) is 9.80 Å². The molecule has 45 heavy (non-hydrogen) atoms. The lowest BCUT2D eigenvalue weighted by Gasteiger charge is -2.28. The van der Waals surface area contributed by atoms with E-state index < -0.39 is 5.97 Å². The zero-order valence-corrected chi connectivity index (χ0v) is 26.2. The van der Waals surface area contributed by atoms with Crippen LogP contribution in [0.4, 0.5) is 0 Å². The molecule has 0 unspecified atom stereocenters. The van der Waals surface area contributed by atoms with Gasteiger partial charge in [0.1, 0.15) is 11.5 Å². The third-order valence-corrected chi connectivity index (χ3v) is 7.71. The lowest BCUT2D eigenvalue weighted by atomic mass is 9.93. The zero-order chi connectivity index (χ0) is 32.3. The van der Waals surface area contributed by atoms with Gasteiger partial charge in [0.15, 0.2) is 0 Å². The van der Waals surface area contributed by atoms with Crippen LogP contribution in [0.25, 0.3) is 11.1 Å². The normalized spacial score (nSPS) is 10.8. The van der Waals surface area contributed by atoms with E-state index in [1.54, 1.807) is 49.5 Å². The van der Waals surface area contributed by atoms with Crippen LogP contribution >= 0.6 is 0 Å². The maximum atomic E-state index is 14.2. The van der Waals surface area contributed by atoms with Crippen molar-refractivity contribution in [3.8, 4) is 22.6 Å². The lowest BCUT2D eigenvalue weighted by Crippen LogP contribution is -2.37. The first-order valence-corrected chi connectivity index (χ1v) is 15.0. The van der Waals surface area contributed by atoms with E-state index in [9.17, 15) is 19.5 Å². The molecule has 0 saturated carbocycles. The van der Waals surface area contributed by atoms with Crippen LogP contribution in [0.15, 0.2) is 97.1 Å². The van der Waals surface area contributed by atoms with Crippen LogP contribution in [0.3, 0.4) is 0 Å². The van der Waals surface area contributed by atoms with Crippen molar-refractivity contribution < 1.29 is 29.0 Å². The second kappa shape index (κ2) is 15.6. The molecular formula is C37H40N2O6. The Labute approximate surface area is 264 Å². The molecule has 4 aromatic carbocycles. The van der Waals surface area contributed by atoms with Gasteiger partial charge < -0.3 is 24.4 Å². The summed E-state index contributed by atoms with van der Waals surface area (Å²) in [5.41, 5.74) is 3.98. The number of rotatable bonds is 14. The van der Waals surface area contributed by atoms with Crippen LogP contribution in [0.1, 0.15) is 52.1 Å². The molecule has 8 heteroatoms. The van der Waals surface area contributed by atoms with E-state index in [1.165, 1.54) is 0 Å². The number of carboxylic acids is 1. The third-order valence-electron chi connectivity index (χ3n) is 7.71. The zero-order valence-electron chi connectivity index (χ0n) is 26.2. The topological polar surface area (TPSA) is 96.4 Å². The summed E-state index contributed by atoms with van der Waals surface area (Å²) >= 11 is 0. The highest BCUT2D eigenvalue weighted by molar-refractivity contribution is 6.06. The van der Waals surface area contributed by atoms with Gasteiger partial charge in [-0.3, -0.25) is 14.4 Å². The second-order valence-corrected chi connectivity index (χ2v) is 11.0. The summed E-state index contributed by atoms with van der Waals surface area (Å²) in [6.07, 6.45) is 0.215. The number of hydrogen-bond acceptors (Lipinski definition) is 5. The first kappa shape index (κ1) is 32.8. The van der Waals surface area contributed by atoms with Gasteiger partial charge in [-0.2, -0.15) is 0 Å². The van der Waals surface area contributed by atoms with Gasteiger partial charge in [-0.05, 0) is 72.9 Å². The summed E-state index contributed by atoms with van der Waals surface area (Å²) in [7, 11) is 3.16. The number of amides is 2. The number of carboxylic acid groups (broad SMARTS) is 1. The summed E-state index contributed by atoms with van der Waals surface area (Å²) in [6.45, 7) is 4.69. The van der Waals surface area contributed by atoms with Gasteiger partial charge >= 0.3 is 5.97 Å². The van der Waals surface area contributed by atoms with E-state index >= 15 is 0 Å². The fourth-order valence-corrected chi connectivity index (χ4v) is 5.28. The minimum Gasteiger partial charge on any atom is -0.497 e. The van der Waals surface area contributed by atoms with Gasteiger partial charge in [0.25, 0.3) is 11.8 Å². The highest BCUT2D eigenvalue weighted by Gasteiger charge is 2.26. The SMILES string of the molecule is COc1ccc(OC)c(CCN(CCC(=O)O)C(=O)c2ccccc2-c2ccccc2C(=O)N(Cc2ccccc2)C(C)C)c1. The number of aliphatic carboxylic acids is 1. The Hall–Kier alpha value is -5.11. The molecular weight excluding hydrogens is 568 g/mol. The predicted molar refractivity (Wildman–Crippen MR) is 175 cm³/mol. The smallest absolute Gasteiger partial charge is 0.305 e. The third kappa shape index (κ3) is 8.29. The quantitative estimate of drug-likeness (QED) is 0.174. The molecule has 0 aliphatic rings. The number of benzene rings is 4. The van der Waals surface area contributed by atoms with E-state index in [1.807, 2.05) is 85.5 Å². The van der Waals surface area contributed by atoms with Gasteiger partial charge in [-0.1, -0.05) is 66.7 Å². The molecule has 234 valence electrons. The molecule has 0 radical (unpaired) electrons. The van der Waals surface area contributed by atoms with Crippen molar-refractivity contribution in [3.05, 3.63) is 119 Å². The van der Waals surface area contributed by atoms with Crippen LogP contribution in [0.2, 0.25) is 0 Å². The van der Waals surface area contributed by atoms with E-state index in [4.69, 9.17) is 9.47 Å². The van der Waals surface area contributed by atoms with Crippen LogP contribution in [0.5, 0.6) is 11.5 Å². The predicted octanol–water partition coefficient (Wildman–Crippen LogP) is 6.58. The van der Waals surface area contributed by atoms with E-state index in [0.717, 1.165) is 11.1 Å². The van der Waals surface area contributed by atoms with E-state index in [0.29, 0.717) is 46.7 Å². The Bertz CT molecular complexity index is 1620. The van der Waals surface area contributed by atoms with Crippen molar-refractivity contribution in [2.24, 2.45) is 0 Å². The van der Waals surface area contributed by atoms with Crippen molar-refractivity contribution in [2.45, 2.75) is 39.3 Å². The molecule has 0 heterocycles. The summed E-state index contributed by atoms with van der Waals surface area (Å²) in [5.74, 6) is -0.147. The van der Waals surface area contributed by atoms with Crippen molar-refractivity contribution in [2.75, 3.05) is 27.3 Å². The fourth-order valence-electron chi connectivity index (χ4n) is 5.28. The molecule has 0 aromatic heterocycles. The minimum absolute atomic E-state index is 0.0214. The lowest BCUT2D eigenvalue weighted by molar-refractivity contribution is -0.137. The fraction of sp³-hybridized carbons (Fsp3) is 0.270. The Morgan fingerprint density at radius 3 is 1.91 bits per heavy atom. The molecule has 1 N–H and O–H groups in total. The van der Waals surface area contributed by atoms with Crippen LogP contribution in [-0.2, 0) is 17.8 Å². The molecule has 0 atom stereocenters. The van der Waals surface area contributed by atoms with E-state index in [2.05, 4.69) is 0 Å². The van der Waals surface area contributed by atoms with E-state index in [-0.39, 0.29) is 37.4 Å². The first-order valence-electron chi connectivity index (χ1n) is 15.0. The average Bonchev–Trinajstić information content (AvgIpc) is 3.06. The molecule has 0 aliphatic carbocycles. The van der Waals surface area contributed by atoms with Gasteiger partial charge in [0, 0.05) is 36.8 Å². The summed E-state index contributed by atoms with van der Waals surface area (Å²) in [4.78, 5) is 43.2. The largest absolute Gasteiger partial charge is 0.497 e. The minimum atomic E-state index is -0.997. The Kier molecular flexibility index (Phi) is 11.3. The monoisotopic (exact) mass is 608 g/mol. The molecule has 0 aliphatic heterocycles. The van der Waals surface area contributed by atoms with Crippen LogP contribution in [0, 0.1) is 0 Å². The molecule has 0 bridgehead atoms. The molecule has 4 aromatic rings. The van der Waals surface area contributed by atoms with Crippen molar-refractivity contribution in [3.63, 3.8) is 0 Å². The number of carbonyl (C=O) groups excluding carboxylic acids is 2. The molecule has 4 rings (SSSR count). The summed E-state index contributed by atoms with van der Waals surface area (Å²) in [6, 6.07) is 29.7. The summed E-state index contributed by atoms with van der Waals surface area (Å²) in [5, 5.41) is 9.47. The molecule has 2 amide bonds. The average molecular weight is 609 g/mol. The Morgan fingerprint density at radius 2 is 1.33 bits per heavy atom. The Balaban J connectivity index is 1.69. The number of nitrogens with zero attached hydrogens (tertiary/aromatic N) is 2. The Morgan fingerprint density at radius 1 is 0.733 bits per heavy atom. The van der Waals surface area contributed by atoms with Gasteiger partial charge in [0.05, 0.1) is 20.6 Å². The molecule has 0 saturated heterocycles. The van der Waals surface area contributed by atoms with Gasteiger partial charge in [0.2, 0.25) is 0 Å². The molecule has 8 nitrogen and oxygen atoms in total. The van der Waals surface area contributed by atoms with Crippen molar-refractivity contribution >= 4 is 17.8 Å². The highest BCUT2D eigenvalue weighted by atomic mass is 16.5. The highest BCUT2D eigenvalue weighted by Crippen LogP contribution is 2.31. The maximum absolute atomic E-state index is 14.2. The second-order valence-electron chi connectivity index (χ2n) is 11.0. The number of methoxy groups -OCH3 is 2. The molecule has 0 fully saturated rings. The molecule has 0 spiro atoms. The first-order chi connectivity index (χ1) is 21.7. The van der Waals surface area contributed by atoms with Crippen LogP contribution < -0.4 is 9.47 Å². The standard InChI is InChI=1S/C37H40N2O6/c1-26(2)39(25-27-12-6-5-7-13-27)37(43)33-17-11-9-15-31(33)30-14-8-10-16-32(30)36(42)38(23-21-35(40)41)22-20-28-24-29(44-3)18-19-34(28)45-4/h5-19,24,26H,20-23,25H2,1-4H3,(H,40,41). The van der Waals surface area contributed by atoms with Crippen molar-refractivity contribution in [1.29, 1.82) is 0 Å². The van der Waals surface area contributed by atoms with Gasteiger partial charge in [-0.25, -0.2) is 0 Å². The number of carbonyl (C=O) groups is 3.